The molecule has 1 aliphatic carbocycles. The van der Waals surface area contributed by atoms with E-state index in [0.29, 0.717) is 5.92 Å². The van der Waals surface area contributed by atoms with Gasteiger partial charge in [0, 0.05) is 37.8 Å². The zero-order valence-electron chi connectivity index (χ0n) is 10.4. The summed E-state index contributed by atoms with van der Waals surface area (Å²) in [4.78, 5) is 2.38. The van der Waals surface area contributed by atoms with Crippen LogP contribution in [0.4, 0.5) is 4.39 Å². The highest BCUT2D eigenvalue weighted by molar-refractivity contribution is 5.37. The molecule has 0 radical (unpaired) electrons. The van der Waals surface area contributed by atoms with E-state index in [1.807, 2.05) is 6.07 Å². The molecule has 18 heavy (non-hydrogen) atoms. The maximum Gasteiger partial charge on any atom is 0.165 e. The third-order valence-electron chi connectivity index (χ3n) is 3.95. The molecule has 2 N–H and O–H groups in total. The highest BCUT2D eigenvalue weighted by Gasteiger charge is 2.38. The number of hydrogen-bond acceptors (Lipinski definition) is 3. The average Bonchev–Trinajstić information content (AvgIpc) is 3.21. The number of phenolic OH excluding ortho intramolecular Hbond substituents is 1. The number of rotatable bonds is 3. The molecular formula is C14H19FN2O. The minimum atomic E-state index is -0.506. The van der Waals surface area contributed by atoms with Crippen LogP contribution in [-0.2, 0) is 0 Å². The molecule has 0 spiro atoms. The Balaban J connectivity index is 1.90. The SMILES string of the molecule is Oc1c(F)cccc1[C@H](C1CC1)N1CCNCC1. The zero-order valence-corrected chi connectivity index (χ0v) is 10.4. The first kappa shape index (κ1) is 11.9. The lowest BCUT2D eigenvalue weighted by molar-refractivity contribution is 0.153. The molecule has 1 saturated carbocycles. The van der Waals surface area contributed by atoms with Crippen molar-refractivity contribution in [3.8, 4) is 5.75 Å². The van der Waals surface area contributed by atoms with Crippen LogP contribution in [0.1, 0.15) is 24.4 Å². The molecule has 1 heterocycles. The minimum absolute atomic E-state index is 0.159. The average molecular weight is 250 g/mol. The molecule has 1 atom stereocenters. The van der Waals surface area contributed by atoms with Gasteiger partial charge in [0.25, 0.3) is 0 Å². The first-order valence-corrected chi connectivity index (χ1v) is 6.69. The molecule has 1 aliphatic heterocycles. The standard InChI is InChI=1S/C14H19FN2O/c15-12-3-1-2-11(14(12)18)13(10-4-5-10)17-8-6-16-7-9-17/h1-3,10,13,16,18H,4-9H2/t13-/m0/s1. The maximum atomic E-state index is 13.5. The third kappa shape index (κ3) is 2.22. The topological polar surface area (TPSA) is 35.5 Å². The zero-order chi connectivity index (χ0) is 12.5. The molecule has 3 rings (SSSR count). The number of piperazine rings is 1. The summed E-state index contributed by atoms with van der Waals surface area (Å²) in [6.07, 6.45) is 2.37. The van der Waals surface area contributed by atoms with Crippen LogP contribution in [0.15, 0.2) is 18.2 Å². The van der Waals surface area contributed by atoms with Gasteiger partial charge in [-0.1, -0.05) is 12.1 Å². The second-order valence-electron chi connectivity index (χ2n) is 5.25. The summed E-state index contributed by atoms with van der Waals surface area (Å²) in [6, 6.07) is 5.06. The molecule has 2 fully saturated rings. The summed E-state index contributed by atoms with van der Waals surface area (Å²) in [5, 5.41) is 13.3. The Bertz CT molecular complexity index is 428. The van der Waals surface area contributed by atoms with Gasteiger partial charge in [0.15, 0.2) is 11.6 Å². The van der Waals surface area contributed by atoms with Crippen molar-refractivity contribution in [2.75, 3.05) is 26.2 Å². The van der Waals surface area contributed by atoms with E-state index in [1.165, 1.54) is 18.9 Å². The molecular weight excluding hydrogens is 231 g/mol. The molecule has 3 nitrogen and oxygen atoms in total. The van der Waals surface area contributed by atoms with Gasteiger partial charge in [-0.05, 0) is 24.8 Å². The van der Waals surface area contributed by atoms with Crippen molar-refractivity contribution in [2.45, 2.75) is 18.9 Å². The molecule has 1 saturated heterocycles. The fourth-order valence-electron chi connectivity index (χ4n) is 2.89. The molecule has 1 aromatic rings. The monoisotopic (exact) mass is 250 g/mol. The number of phenols is 1. The minimum Gasteiger partial charge on any atom is -0.505 e. The number of hydrogen-bond donors (Lipinski definition) is 2. The van der Waals surface area contributed by atoms with Gasteiger partial charge in [0.2, 0.25) is 0 Å². The van der Waals surface area contributed by atoms with Gasteiger partial charge in [-0.25, -0.2) is 4.39 Å². The Morgan fingerprint density at radius 3 is 2.67 bits per heavy atom. The van der Waals surface area contributed by atoms with Crippen molar-refractivity contribution in [1.29, 1.82) is 0 Å². The lowest BCUT2D eigenvalue weighted by atomic mass is 9.98. The quantitative estimate of drug-likeness (QED) is 0.860. The van der Waals surface area contributed by atoms with Gasteiger partial charge < -0.3 is 10.4 Å². The van der Waals surface area contributed by atoms with Gasteiger partial charge in [-0.15, -0.1) is 0 Å². The van der Waals surface area contributed by atoms with Crippen LogP contribution < -0.4 is 5.32 Å². The number of para-hydroxylation sites is 1. The van der Waals surface area contributed by atoms with Gasteiger partial charge >= 0.3 is 0 Å². The number of aromatic hydroxyl groups is 1. The number of nitrogens with one attached hydrogen (secondary N) is 1. The van der Waals surface area contributed by atoms with Crippen molar-refractivity contribution in [3.63, 3.8) is 0 Å². The lowest BCUT2D eigenvalue weighted by Crippen LogP contribution is -2.45. The predicted octanol–water partition coefficient (Wildman–Crippen LogP) is 1.89. The first-order chi connectivity index (χ1) is 8.77. The van der Waals surface area contributed by atoms with Crippen LogP contribution in [0, 0.1) is 11.7 Å². The molecule has 0 bridgehead atoms. The Morgan fingerprint density at radius 2 is 2.00 bits per heavy atom. The number of nitrogens with zero attached hydrogens (tertiary/aromatic N) is 1. The fraction of sp³-hybridized carbons (Fsp3) is 0.571. The Hall–Kier alpha value is -1.13. The van der Waals surface area contributed by atoms with Gasteiger partial charge in [-0.3, -0.25) is 4.90 Å². The summed E-state index contributed by atoms with van der Waals surface area (Å²) in [6.45, 7) is 3.88. The van der Waals surface area contributed by atoms with Gasteiger partial charge in [-0.2, -0.15) is 0 Å². The first-order valence-electron chi connectivity index (χ1n) is 6.69. The number of benzene rings is 1. The number of halogens is 1. The van der Waals surface area contributed by atoms with E-state index >= 15 is 0 Å². The third-order valence-corrected chi connectivity index (χ3v) is 3.95. The largest absolute Gasteiger partial charge is 0.505 e. The fourth-order valence-corrected chi connectivity index (χ4v) is 2.89. The molecule has 1 aromatic carbocycles. The molecule has 2 aliphatic rings. The van der Waals surface area contributed by atoms with Crippen molar-refractivity contribution in [1.82, 2.24) is 10.2 Å². The van der Waals surface area contributed by atoms with E-state index < -0.39 is 5.82 Å². The van der Waals surface area contributed by atoms with E-state index in [2.05, 4.69) is 10.2 Å². The van der Waals surface area contributed by atoms with Crippen LogP contribution in [0.25, 0.3) is 0 Å². The molecule has 4 heteroatoms. The summed E-state index contributed by atoms with van der Waals surface area (Å²) < 4.78 is 13.5. The highest BCUT2D eigenvalue weighted by atomic mass is 19.1. The maximum absolute atomic E-state index is 13.5. The van der Waals surface area contributed by atoms with Crippen LogP contribution >= 0.6 is 0 Å². The predicted molar refractivity (Wildman–Crippen MR) is 68.0 cm³/mol. The Morgan fingerprint density at radius 1 is 1.28 bits per heavy atom. The normalized spacial score (nSPS) is 22.9. The molecule has 0 unspecified atom stereocenters. The van der Waals surface area contributed by atoms with Crippen LogP contribution in [0.2, 0.25) is 0 Å². The molecule has 0 aromatic heterocycles. The summed E-state index contributed by atoms with van der Waals surface area (Å²) in [7, 11) is 0. The Kier molecular flexibility index (Phi) is 3.22. The van der Waals surface area contributed by atoms with E-state index in [-0.39, 0.29) is 11.8 Å². The van der Waals surface area contributed by atoms with E-state index in [4.69, 9.17) is 0 Å². The van der Waals surface area contributed by atoms with Gasteiger partial charge in [0.1, 0.15) is 0 Å². The van der Waals surface area contributed by atoms with Crippen LogP contribution in [0.3, 0.4) is 0 Å². The van der Waals surface area contributed by atoms with Crippen molar-refractivity contribution < 1.29 is 9.50 Å². The Labute approximate surface area is 107 Å². The van der Waals surface area contributed by atoms with E-state index in [0.717, 1.165) is 31.7 Å². The smallest absolute Gasteiger partial charge is 0.165 e. The second-order valence-corrected chi connectivity index (χ2v) is 5.25. The summed E-state index contributed by atoms with van der Waals surface area (Å²) in [5.41, 5.74) is 0.763. The van der Waals surface area contributed by atoms with Crippen molar-refractivity contribution in [3.05, 3.63) is 29.6 Å². The molecule has 98 valence electrons. The van der Waals surface area contributed by atoms with Crippen LogP contribution in [0.5, 0.6) is 5.75 Å². The summed E-state index contributed by atoms with van der Waals surface area (Å²) >= 11 is 0. The van der Waals surface area contributed by atoms with Crippen LogP contribution in [-0.4, -0.2) is 36.2 Å². The molecule has 0 amide bonds. The second kappa shape index (κ2) is 4.86. The van der Waals surface area contributed by atoms with Gasteiger partial charge in [0.05, 0.1) is 0 Å². The highest BCUT2D eigenvalue weighted by Crippen LogP contribution is 2.47. The van der Waals surface area contributed by atoms with Crippen molar-refractivity contribution >= 4 is 0 Å². The van der Waals surface area contributed by atoms with Crippen molar-refractivity contribution in [2.24, 2.45) is 5.92 Å². The summed E-state index contributed by atoms with van der Waals surface area (Å²) in [5.74, 6) is -0.0861. The van der Waals surface area contributed by atoms with E-state index in [9.17, 15) is 9.50 Å². The van der Waals surface area contributed by atoms with E-state index in [1.54, 1.807) is 6.07 Å². The lowest BCUT2D eigenvalue weighted by Gasteiger charge is -2.35.